The number of nitrogens with two attached hydrogens (primary N) is 1. The van der Waals surface area contributed by atoms with Gasteiger partial charge in [-0.3, -0.25) is 9.69 Å². The van der Waals surface area contributed by atoms with Crippen LogP contribution in [0, 0.1) is 17.5 Å². The minimum absolute atomic E-state index is 0. The zero-order valence-electron chi connectivity index (χ0n) is 15.3. The molecule has 156 valence electrons. The number of carbonyl (C=O) groups is 2. The number of hydrogen-bond donors (Lipinski definition) is 3. The number of amides is 3. The molecule has 10 heteroatoms. The molecule has 1 aliphatic rings. The Morgan fingerprint density at radius 1 is 1.07 bits per heavy atom. The Hall–Kier alpha value is -2.78. The lowest BCUT2D eigenvalue weighted by molar-refractivity contribution is 0.0996. The number of rotatable bonds is 4. The highest BCUT2D eigenvalue weighted by Gasteiger charge is 2.28. The van der Waals surface area contributed by atoms with E-state index in [-0.39, 0.29) is 18.4 Å². The first-order valence-electron chi connectivity index (χ1n) is 8.72. The van der Waals surface area contributed by atoms with E-state index in [9.17, 15) is 22.8 Å². The first kappa shape index (κ1) is 22.5. The topological polar surface area (TPSA) is 87.5 Å². The Bertz CT molecular complexity index is 907. The van der Waals surface area contributed by atoms with Crippen molar-refractivity contribution >= 4 is 35.7 Å². The molecule has 0 saturated carbocycles. The molecule has 3 amide bonds. The minimum Gasteiger partial charge on any atom is -0.366 e. The van der Waals surface area contributed by atoms with Gasteiger partial charge >= 0.3 is 6.03 Å². The van der Waals surface area contributed by atoms with Crippen molar-refractivity contribution in [2.45, 2.75) is 18.9 Å². The Labute approximate surface area is 171 Å². The van der Waals surface area contributed by atoms with E-state index in [1.165, 1.54) is 23.1 Å². The van der Waals surface area contributed by atoms with E-state index < -0.39 is 40.6 Å². The lowest BCUT2D eigenvalue weighted by atomic mass is 10.0. The third kappa shape index (κ3) is 5.18. The summed E-state index contributed by atoms with van der Waals surface area (Å²) < 4.78 is 41.5. The van der Waals surface area contributed by atoms with Crippen LogP contribution in [-0.2, 0) is 0 Å². The average Bonchev–Trinajstić information content (AvgIpc) is 2.65. The van der Waals surface area contributed by atoms with Gasteiger partial charge in [0.2, 0.25) is 0 Å². The highest BCUT2D eigenvalue weighted by atomic mass is 35.5. The number of nitrogens with one attached hydrogen (secondary N) is 2. The summed E-state index contributed by atoms with van der Waals surface area (Å²) in [7, 11) is 0. The molecule has 0 bridgehead atoms. The van der Waals surface area contributed by atoms with E-state index in [1.54, 1.807) is 6.07 Å². The molecule has 0 spiro atoms. The number of piperidine rings is 1. The van der Waals surface area contributed by atoms with Crippen LogP contribution in [0.5, 0.6) is 0 Å². The Morgan fingerprint density at radius 3 is 2.38 bits per heavy atom. The lowest BCUT2D eigenvalue weighted by Gasteiger charge is -2.34. The largest absolute Gasteiger partial charge is 0.366 e. The fourth-order valence-electron chi connectivity index (χ4n) is 3.19. The van der Waals surface area contributed by atoms with Crippen molar-refractivity contribution in [3.63, 3.8) is 0 Å². The van der Waals surface area contributed by atoms with Crippen molar-refractivity contribution < 1.29 is 22.8 Å². The van der Waals surface area contributed by atoms with Crippen molar-refractivity contribution in [3.8, 4) is 0 Å². The number of urea groups is 1. The third-order valence-corrected chi connectivity index (χ3v) is 4.54. The highest BCUT2D eigenvalue weighted by Crippen LogP contribution is 2.26. The summed E-state index contributed by atoms with van der Waals surface area (Å²) in [5, 5.41) is 5.51. The zero-order valence-corrected chi connectivity index (χ0v) is 16.1. The summed E-state index contributed by atoms with van der Waals surface area (Å²) in [4.78, 5) is 25.6. The Morgan fingerprint density at radius 2 is 1.76 bits per heavy atom. The monoisotopic (exact) mass is 428 g/mol. The molecule has 0 atom stereocenters. The van der Waals surface area contributed by atoms with E-state index in [0.29, 0.717) is 37.7 Å². The molecule has 0 radical (unpaired) electrons. The molecule has 4 N–H and O–H groups in total. The molecule has 2 aromatic rings. The van der Waals surface area contributed by atoms with Gasteiger partial charge in [0.15, 0.2) is 0 Å². The molecule has 2 aromatic carbocycles. The van der Waals surface area contributed by atoms with Crippen molar-refractivity contribution in [1.82, 2.24) is 5.32 Å². The maximum Gasteiger partial charge on any atom is 0.326 e. The molecule has 0 aromatic heterocycles. The summed E-state index contributed by atoms with van der Waals surface area (Å²) >= 11 is 0. The van der Waals surface area contributed by atoms with Crippen LogP contribution in [0.4, 0.5) is 29.3 Å². The van der Waals surface area contributed by atoms with Gasteiger partial charge in [0.1, 0.15) is 17.5 Å². The molecule has 0 unspecified atom stereocenters. The minimum atomic E-state index is -1.12. The van der Waals surface area contributed by atoms with Gasteiger partial charge in [-0.25, -0.2) is 18.0 Å². The van der Waals surface area contributed by atoms with Crippen LogP contribution in [0.1, 0.15) is 23.2 Å². The van der Waals surface area contributed by atoms with E-state index in [1.807, 2.05) is 0 Å². The van der Waals surface area contributed by atoms with Gasteiger partial charge in [-0.15, -0.1) is 12.4 Å². The van der Waals surface area contributed by atoms with Gasteiger partial charge in [-0.2, -0.15) is 0 Å². The van der Waals surface area contributed by atoms with E-state index >= 15 is 0 Å². The number of primary amides is 1. The van der Waals surface area contributed by atoms with Crippen molar-refractivity contribution in [2.24, 2.45) is 5.73 Å². The van der Waals surface area contributed by atoms with Crippen molar-refractivity contribution in [1.29, 1.82) is 0 Å². The smallest absolute Gasteiger partial charge is 0.326 e. The summed E-state index contributed by atoms with van der Waals surface area (Å²) in [6.45, 7) is 1.33. The van der Waals surface area contributed by atoms with Crippen LogP contribution in [-0.4, -0.2) is 31.1 Å². The summed E-state index contributed by atoms with van der Waals surface area (Å²) in [5.74, 6) is -3.79. The fourth-order valence-corrected chi connectivity index (χ4v) is 3.19. The van der Waals surface area contributed by atoms with Gasteiger partial charge in [0.05, 0.1) is 11.3 Å². The first-order valence-corrected chi connectivity index (χ1v) is 8.72. The van der Waals surface area contributed by atoms with E-state index in [2.05, 4.69) is 10.6 Å². The maximum absolute atomic E-state index is 14.1. The van der Waals surface area contributed by atoms with Crippen LogP contribution in [0.25, 0.3) is 0 Å². The average molecular weight is 429 g/mol. The summed E-state index contributed by atoms with van der Waals surface area (Å²) in [6, 6.07) is 5.85. The second-order valence-electron chi connectivity index (χ2n) is 6.44. The van der Waals surface area contributed by atoms with Gasteiger partial charge in [0, 0.05) is 17.8 Å². The summed E-state index contributed by atoms with van der Waals surface area (Å²) in [5.41, 5.74) is 4.44. The number of halogens is 4. The molecular weight excluding hydrogens is 409 g/mol. The van der Waals surface area contributed by atoms with E-state index in [4.69, 9.17) is 5.73 Å². The normalized spacial score (nSPS) is 14.0. The van der Waals surface area contributed by atoms with Crippen LogP contribution >= 0.6 is 12.4 Å². The molecule has 1 heterocycles. The molecule has 29 heavy (non-hydrogen) atoms. The third-order valence-electron chi connectivity index (χ3n) is 4.54. The second-order valence-corrected chi connectivity index (χ2v) is 6.44. The summed E-state index contributed by atoms with van der Waals surface area (Å²) in [6.07, 6.45) is 1.23. The quantitative estimate of drug-likeness (QED) is 0.697. The maximum atomic E-state index is 14.1. The fraction of sp³-hybridized carbons (Fsp3) is 0.263. The standard InChI is InChI=1S/C19H19F3N4O2.ClH/c20-11-2-1-3-13(8-11)26(12-4-6-24-7-5-12)19(28)25-17-9-14(18(23)27)15(21)10-16(17)22;/h1-3,8-10,12,24H,4-7H2,(H2,23,27)(H,25,28);1H. The van der Waals surface area contributed by atoms with Gasteiger partial charge in [-0.05, 0) is 50.2 Å². The molecule has 1 aliphatic heterocycles. The Kier molecular flexibility index (Phi) is 7.46. The second kappa shape index (κ2) is 9.62. The number of benzene rings is 2. The van der Waals surface area contributed by atoms with Gasteiger partial charge in [0.25, 0.3) is 5.91 Å². The molecule has 6 nitrogen and oxygen atoms in total. The predicted octanol–water partition coefficient (Wildman–Crippen LogP) is 3.42. The van der Waals surface area contributed by atoms with Crippen molar-refractivity contribution in [2.75, 3.05) is 23.3 Å². The predicted molar refractivity (Wildman–Crippen MR) is 106 cm³/mol. The van der Waals surface area contributed by atoms with Gasteiger partial charge in [-0.1, -0.05) is 6.07 Å². The number of carbonyl (C=O) groups excluding carboxylic acids is 2. The molecule has 3 rings (SSSR count). The zero-order chi connectivity index (χ0) is 20.3. The molecule has 1 saturated heterocycles. The molecule has 1 fully saturated rings. The van der Waals surface area contributed by atoms with Gasteiger partial charge < -0.3 is 16.4 Å². The highest BCUT2D eigenvalue weighted by molar-refractivity contribution is 6.03. The van der Waals surface area contributed by atoms with E-state index in [0.717, 1.165) is 6.07 Å². The van der Waals surface area contributed by atoms with Crippen LogP contribution < -0.4 is 21.3 Å². The van der Waals surface area contributed by atoms with Crippen LogP contribution in [0.3, 0.4) is 0 Å². The SMILES string of the molecule is Cl.NC(=O)c1cc(NC(=O)N(c2cccc(F)c2)C2CCNCC2)c(F)cc1F. The van der Waals surface area contributed by atoms with Crippen molar-refractivity contribution in [3.05, 3.63) is 59.4 Å². The van der Waals surface area contributed by atoms with Crippen LogP contribution in [0.15, 0.2) is 36.4 Å². The molecule has 0 aliphatic carbocycles. The first-order chi connectivity index (χ1) is 13.4. The number of anilines is 2. The Balaban J connectivity index is 0.00000300. The molecular formula is C19H20ClF3N4O2. The lowest BCUT2D eigenvalue weighted by Crippen LogP contribution is -2.48. The number of hydrogen-bond acceptors (Lipinski definition) is 3. The number of nitrogens with zero attached hydrogens (tertiary/aromatic N) is 1. The van der Waals surface area contributed by atoms with Crippen LogP contribution in [0.2, 0.25) is 0 Å².